The first-order valence-corrected chi connectivity index (χ1v) is 13.3. The van der Waals surface area contributed by atoms with E-state index in [1.54, 1.807) is 48.5 Å². The SMILES string of the molecule is CCC(C)COC(=O)c1ccc(OC(=O)c2ccc(OCCCCCCOCC3(C)COC3)cc2)cc1. The maximum atomic E-state index is 12.5. The largest absolute Gasteiger partial charge is 0.494 e. The topological polar surface area (TPSA) is 80.3 Å². The molecular weight excluding hydrogens is 472 g/mol. The second-order valence-corrected chi connectivity index (χ2v) is 10.2. The molecule has 0 aromatic heterocycles. The predicted molar refractivity (Wildman–Crippen MR) is 141 cm³/mol. The molecule has 1 aliphatic heterocycles. The first kappa shape index (κ1) is 28.7. The van der Waals surface area contributed by atoms with Crippen molar-refractivity contribution in [2.24, 2.45) is 11.3 Å². The van der Waals surface area contributed by atoms with Crippen LogP contribution < -0.4 is 9.47 Å². The lowest BCUT2D eigenvalue weighted by atomic mass is 9.90. The van der Waals surface area contributed by atoms with E-state index in [1.807, 2.05) is 6.92 Å². The van der Waals surface area contributed by atoms with Crippen molar-refractivity contribution in [2.45, 2.75) is 52.9 Å². The Morgan fingerprint density at radius 1 is 0.865 bits per heavy atom. The molecular formula is C30H40O7. The molecule has 0 N–H and O–H groups in total. The molecule has 1 saturated heterocycles. The van der Waals surface area contributed by atoms with Crippen molar-refractivity contribution in [3.63, 3.8) is 0 Å². The van der Waals surface area contributed by atoms with Gasteiger partial charge in [-0.05, 0) is 73.7 Å². The van der Waals surface area contributed by atoms with Gasteiger partial charge < -0.3 is 23.7 Å². The zero-order valence-corrected chi connectivity index (χ0v) is 22.3. The highest BCUT2D eigenvalue weighted by molar-refractivity contribution is 5.92. The fourth-order valence-corrected chi connectivity index (χ4v) is 3.63. The van der Waals surface area contributed by atoms with E-state index in [0.29, 0.717) is 36.0 Å². The Hall–Kier alpha value is -2.90. The fraction of sp³-hybridized carbons (Fsp3) is 0.533. The van der Waals surface area contributed by atoms with Crippen molar-refractivity contribution >= 4 is 11.9 Å². The van der Waals surface area contributed by atoms with Gasteiger partial charge in [0.25, 0.3) is 0 Å². The number of benzene rings is 2. The number of rotatable bonds is 16. The predicted octanol–water partition coefficient (Wildman–Crippen LogP) is 6.10. The zero-order valence-electron chi connectivity index (χ0n) is 22.3. The molecule has 7 nitrogen and oxygen atoms in total. The molecule has 1 heterocycles. The summed E-state index contributed by atoms with van der Waals surface area (Å²) >= 11 is 0. The third kappa shape index (κ3) is 9.82. The molecule has 202 valence electrons. The van der Waals surface area contributed by atoms with Crippen LogP contribution in [-0.4, -0.2) is 51.6 Å². The van der Waals surface area contributed by atoms with Crippen molar-refractivity contribution in [3.05, 3.63) is 59.7 Å². The molecule has 7 heteroatoms. The van der Waals surface area contributed by atoms with Gasteiger partial charge in [-0.2, -0.15) is 0 Å². The number of hydrogen-bond acceptors (Lipinski definition) is 7. The van der Waals surface area contributed by atoms with E-state index in [9.17, 15) is 9.59 Å². The third-order valence-electron chi connectivity index (χ3n) is 6.39. The summed E-state index contributed by atoms with van der Waals surface area (Å²) in [4.78, 5) is 24.6. The molecule has 0 spiro atoms. The average molecular weight is 513 g/mol. The zero-order chi connectivity index (χ0) is 26.5. The lowest BCUT2D eigenvalue weighted by Crippen LogP contribution is -2.43. The lowest BCUT2D eigenvalue weighted by molar-refractivity contribution is -0.137. The quantitative estimate of drug-likeness (QED) is 0.153. The van der Waals surface area contributed by atoms with Gasteiger partial charge in [-0.1, -0.05) is 33.6 Å². The van der Waals surface area contributed by atoms with Gasteiger partial charge in [-0.25, -0.2) is 9.59 Å². The van der Waals surface area contributed by atoms with Gasteiger partial charge in [0, 0.05) is 12.0 Å². The summed E-state index contributed by atoms with van der Waals surface area (Å²) in [7, 11) is 0. The minimum Gasteiger partial charge on any atom is -0.494 e. The van der Waals surface area contributed by atoms with Crippen LogP contribution in [0.25, 0.3) is 0 Å². The van der Waals surface area contributed by atoms with Crippen molar-refractivity contribution < 1.29 is 33.3 Å². The molecule has 0 radical (unpaired) electrons. The van der Waals surface area contributed by atoms with Gasteiger partial charge >= 0.3 is 11.9 Å². The van der Waals surface area contributed by atoms with E-state index >= 15 is 0 Å². The highest BCUT2D eigenvalue weighted by atomic mass is 16.5. The van der Waals surface area contributed by atoms with Crippen LogP contribution in [0.1, 0.15) is 73.6 Å². The monoisotopic (exact) mass is 512 g/mol. The van der Waals surface area contributed by atoms with Crippen LogP contribution in [0.2, 0.25) is 0 Å². The fourth-order valence-electron chi connectivity index (χ4n) is 3.63. The summed E-state index contributed by atoms with van der Waals surface area (Å²) in [5.74, 6) is 0.543. The number of carbonyl (C=O) groups is 2. The van der Waals surface area contributed by atoms with Crippen molar-refractivity contribution in [1.82, 2.24) is 0 Å². The second kappa shape index (κ2) is 14.7. The summed E-state index contributed by atoms with van der Waals surface area (Å²) in [5.41, 5.74) is 1.06. The van der Waals surface area contributed by atoms with E-state index < -0.39 is 5.97 Å². The molecule has 0 saturated carbocycles. The maximum absolute atomic E-state index is 12.5. The van der Waals surface area contributed by atoms with Crippen LogP contribution in [0.3, 0.4) is 0 Å². The number of unbranched alkanes of at least 4 members (excludes halogenated alkanes) is 3. The lowest BCUT2D eigenvalue weighted by Gasteiger charge is -2.37. The highest BCUT2D eigenvalue weighted by Gasteiger charge is 2.33. The standard InChI is InChI=1S/C30H40O7/c1-4-23(2)19-36-28(31)24-11-15-27(16-12-24)37-29(32)25-9-13-26(14-10-25)35-18-8-6-5-7-17-33-20-30(3)21-34-22-30/h9-16,23H,4-8,17-22H2,1-3H3. The van der Waals surface area contributed by atoms with Crippen LogP contribution in [0.5, 0.6) is 11.5 Å². The van der Waals surface area contributed by atoms with E-state index in [4.69, 9.17) is 23.7 Å². The summed E-state index contributed by atoms with van der Waals surface area (Å²) in [6, 6.07) is 13.3. The molecule has 1 aliphatic rings. The third-order valence-corrected chi connectivity index (χ3v) is 6.39. The Morgan fingerprint density at radius 3 is 2.05 bits per heavy atom. The van der Waals surface area contributed by atoms with Crippen molar-refractivity contribution in [3.8, 4) is 11.5 Å². The minimum atomic E-state index is -0.473. The second-order valence-electron chi connectivity index (χ2n) is 10.2. The first-order valence-electron chi connectivity index (χ1n) is 13.3. The smallest absolute Gasteiger partial charge is 0.343 e. The molecule has 2 aromatic carbocycles. The van der Waals surface area contributed by atoms with Gasteiger partial charge in [0.1, 0.15) is 11.5 Å². The molecule has 1 unspecified atom stereocenters. The Morgan fingerprint density at radius 2 is 1.46 bits per heavy atom. The molecule has 0 aliphatic carbocycles. The van der Waals surface area contributed by atoms with Crippen LogP contribution in [-0.2, 0) is 14.2 Å². The average Bonchev–Trinajstić information content (AvgIpc) is 2.90. The maximum Gasteiger partial charge on any atom is 0.343 e. The summed E-state index contributed by atoms with van der Waals surface area (Å²) in [5, 5.41) is 0. The normalized spacial score (nSPS) is 14.9. The van der Waals surface area contributed by atoms with Gasteiger partial charge in [0.2, 0.25) is 0 Å². The van der Waals surface area contributed by atoms with Gasteiger partial charge in [-0.15, -0.1) is 0 Å². The van der Waals surface area contributed by atoms with Crippen LogP contribution in [0, 0.1) is 11.3 Å². The summed E-state index contributed by atoms with van der Waals surface area (Å²) < 4.78 is 27.5. The molecule has 1 fully saturated rings. The Bertz CT molecular complexity index is 964. The number of esters is 2. The molecule has 3 rings (SSSR count). The Labute approximate surface area is 220 Å². The number of ether oxygens (including phenoxy) is 5. The van der Waals surface area contributed by atoms with Crippen molar-refractivity contribution in [2.75, 3.05) is 39.6 Å². The summed E-state index contributed by atoms with van der Waals surface area (Å²) in [6.45, 7) is 10.5. The molecule has 0 bridgehead atoms. The van der Waals surface area contributed by atoms with Gasteiger partial charge in [0.05, 0.1) is 44.2 Å². The van der Waals surface area contributed by atoms with E-state index in [2.05, 4.69) is 13.8 Å². The number of hydrogen-bond donors (Lipinski definition) is 0. The first-order chi connectivity index (χ1) is 17.9. The summed E-state index contributed by atoms with van der Waals surface area (Å²) in [6.07, 6.45) is 5.17. The van der Waals surface area contributed by atoms with Crippen LogP contribution in [0.15, 0.2) is 48.5 Å². The van der Waals surface area contributed by atoms with Gasteiger partial charge in [0.15, 0.2) is 0 Å². The van der Waals surface area contributed by atoms with Gasteiger partial charge in [-0.3, -0.25) is 0 Å². The minimum absolute atomic E-state index is 0.218. The van der Waals surface area contributed by atoms with E-state index in [1.165, 1.54) is 0 Å². The molecule has 0 amide bonds. The molecule has 2 aromatic rings. The van der Waals surface area contributed by atoms with Crippen molar-refractivity contribution in [1.29, 1.82) is 0 Å². The molecule has 1 atom stereocenters. The Balaban J connectivity index is 1.29. The Kier molecular flexibility index (Phi) is 11.4. The number of carbonyl (C=O) groups excluding carboxylic acids is 2. The van der Waals surface area contributed by atoms with E-state index in [0.717, 1.165) is 64.3 Å². The van der Waals surface area contributed by atoms with Crippen LogP contribution in [0.4, 0.5) is 0 Å². The molecule has 37 heavy (non-hydrogen) atoms. The van der Waals surface area contributed by atoms with Crippen LogP contribution >= 0.6 is 0 Å². The highest BCUT2D eigenvalue weighted by Crippen LogP contribution is 2.26. The van der Waals surface area contributed by atoms with E-state index in [-0.39, 0.29) is 11.4 Å².